The van der Waals surface area contributed by atoms with Crippen LogP contribution in [0.25, 0.3) is 0 Å². The zero-order valence-electron chi connectivity index (χ0n) is 13.4. The highest BCUT2D eigenvalue weighted by atomic mass is 16.6. The fourth-order valence-electron chi connectivity index (χ4n) is 1.67. The summed E-state index contributed by atoms with van der Waals surface area (Å²) in [6.45, 7) is 5.34. The molecule has 0 unspecified atom stereocenters. The molecular weight excluding hydrogens is 286 g/mol. The molecule has 0 bridgehead atoms. The second kappa shape index (κ2) is 7.79. The molecule has 122 valence electrons. The van der Waals surface area contributed by atoms with Gasteiger partial charge in [-0.3, -0.25) is 4.90 Å². The van der Waals surface area contributed by atoms with Crippen LogP contribution in [0.5, 0.6) is 0 Å². The quantitative estimate of drug-likeness (QED) is 0.874. The molecule has 0 aliphatic heterocycles. The first-order valence-electron chi connectivity index (χ1n) is 7.01. The average molecular weight is 309 g/mol. The lowest BCUT2D eigenvalue weighted by Gasteiger charge is -2.28. The Kier molecular flexibility index (Phi) is 6.37. The average Bonchev–Trinajstić information content (AvgIpc) is 2.42. The van der Waals surface area contributed by atoms with Gasteiger partial charge in [-0.1, -0.05) is 30.3 Å². The first-order valence-corrected chi connectivity index (χ1v) is 7.01. The molecule has 1 rings (SSSR count). The van der Waals surface area contributed by atoms with Gasteiger partial charge in [-0.2, -0.15) is 0 Å². The molecule has 0 spiro atoms. The summed E-state index contributed by atoms with van der Waals surface area (Å²) in [6.07, 6.45) is -0.691. The van der Waals surface area contributed by atoms with Gasteiger partial charge < -0.3 is 14.6 Å². The minimum atomic E-state index is -1.14. The minimum Gasteiger partial charge on any atom is -0.480 e. The summed E-state index contributed by atoms with van der Waals surface area (Å²) in [5.74, 6) is -1.14. The molecule has 0 saturated heterocycles. The van der Waals surface area contributed by atoms with Crippen LogP contribution in [0.3, 0.4) is 0 Å². The number of hydrogen-bond acceptors (Lipinski definition) is 4. The normalized spacial score (nSPS) is 12.5. The second-order valence-electron chi connectivity index (χ2n) is 5.95. The van der Waals surface area contributed by atoms with E-state index >= 15 is 0 Å². The zero-order valence-corrected chi connectivity index (χ0v) is 13.4. The molecule has 0 aliphatic carbocycles. The Hall–Kier alpha value is -2.08. The molecule has 1 aromatic rings. The molecule has 0 radical (unpaired) electrons. The Morgan fingerprint density at radius 3 is 2.32 bits per heavy atom. The van der Waals surface area contributed by atoms with Crippen LogP contribution in [0.15, 0.2) is 30.3 Å². The third-order valence-electron chi connectivity index (χ3n) is 2.82. The molecule has 1 N–H and O–H groups in total. The highest BCUT2D eigenvalue weighted by molar-refractivity contribution is 5.80. The lowest BCUT2D eigenvalue weighted by atomic mass is 10.2. The van der Waals surface area contributed by atoms with Crippen LogP contribution >= 0.6 is 0 Å². The van der Waals surface area contributed by atoms with Gasteiger partial charge in [-0.15, -0.1) is 0 Å². The number of hydrogen-bond donors (Lipinski definition) is 1. The Morgan fingerprint density at radius 2 is 1.82 bits per heavy atom. The number of benzene rings is 1. The molecule has 0 saturated carbocycles. The van der Waals surface area contributed by atoms with Crippen molar-refractivity contribution in [3.63, 3.8) is 0 Å². The number of aliphatic carboxylic acids is 1. The van der Waals surface area contributed by atoms with Crippen LogP contribution in [0.2, 0.25) is 0 Å². The lowest BCUT2D eigenvalue weighted by Crippen LogP contribution is -2.47. The maximum Gasteiger partial charge on any atom is 0.410 e. The summed E-state index contributed by atoms with van der Waals surface area (Å²) in [7, 11) is 1.39. The number of carbonyl (C=O) groups excluding carboxylic acids is 1. The van der Waals surface area contributed by atoms with Gasteiger partial charge in [0.25, 0.3) is 0 Å². The topological polar surface area (TPSA) is 76.1 Å². The fraction of sp³-hybridized carbons (Fsp3) is 0.500. The number of likely N-dealkylation sites (N-methyl/N-ethyl adjacent to an activating group) is 1. The summed E-state index contributed by atoms with van der Waals surface area (Å²) in [6, 6.07) is 8.31. The van der Waals surface area contributed by atoms with Gasteiger partial charge in [-0.05, 0) is 26.3 Å². The van der Waals surface area contributed by atoms with E-state index in [-0.39, 0.29) is 13.2 Å². The number of carboxylic acid groups (broad SMARTS) is 1. The Bertz CT molecular complexity index is 495. The van der Waals surface area contributed by atoms with E-state index in [4.69, 9.17) is 9.47 Å². The van der Waals surface area contributed by atoms with Crippen LogP contribution in [-0.2, 0) is 20.9 Å². The van der Waals surface area contributed by atoms with Gasteiger partial charge in [-0.25, -0.2) is 9.59 Å². The predicted molar refractivity (Wildman–Crippen MR) is 81.5 cm³/mol. The van der Waals surface area contributed by atoms with Gasteiger partial charge in [0.05, 0.1) is 13.2 Å². The van der Waals surface area contributed by atoms with E-state index in [0.717, 1.165) is 10.5 Å². The molecular formula is C16H23NO5. The van der Waals surface area contributed by atoms with E-state index in [2.05, 4.69) is 0 Å². The molecule has 0 heterocycles. The molecule has 0 fully saturated rings. The van der Waals surface area contributed by atoms with E-state index < -0.39 is 23.7 Å². The van der Waals surface area contributed by atoms with Crippen LogP contribution in [0.4, 0.5) is 4.79 Å². The third-order valence-corrected chi connectivity index (χ3v) is 2.82. The molecule has 1 amide bonds. The van der Waals surface area contributed by atoms with Gasteiger partial charge >= 0.3 is 12.1 Å². The number of carbonyl (C=O) groups is 2. The Balaban J connectivity index is 2.57. The van der Waals surface area contributed by atoms with Gasteiger partial charge in [0.1, 0.15) is 5.60 Å². The number of amides is 1. The summed E-state index contributed by atoms with van der Waals surface area (Å²) in [5, 5.41) is 9.26. The van der Waals surface area contributed by atoms with Crippen molar-refractivity contribution in [3.05, 3.63) is 35.9 Å². The molecule has 0 aliphatic rings. The van der Waals surface area contributed by atoms with Gasteiger partial charge in [0, 0.05) is 7.05 Å². The summed E-state index contributed by atoms with van der Waals surface area (Å²) < 4.78 is 10.6. The van der Waals surface area contributed by atoms with E-state index in [9.17, 15) is 14.7 Å². The van der Waals surface area contributed by atoms with Crippen molar-refractivity contribution in [1.29, 1.82) is 0 Å². The largest absolute Gasteiger partial charge is 0.480 e. The number of ether oxygens (including phenoxy) is 2. The van der Waals surface area contributed by atoms with E-state index in [0.29, 0.717) is 0 Å². The molecule has 0 aromatic heterocycles. The van der Waals surface area contributed by atoms with Crippen LogP contribution < -0.4 is 0 Å². The first kappa shape index (κ1) is 18.0. The van der Waals surface area contributed by atoms with Crippen molar-refractivity contribution in [2.75, 3.05) is 13.7 Å². The SMILES string of the molecule is CN(C(=O)OC(C)(C)C)[C@@H](COCc1ccccc1)C(=O)O. The maximum absolute atomic E-state index is 11.9. The molecule has 22 heavy (non-hydrogen) atoms. The van der Waals surface area contributed by atoms with Crippen LogP contribution in [0, 0.1) is 0 Å². The molecule has 6 nitrogen and oxygen atoms in total. The molecule has 1 atom stereocenters. The van der Waals surface area contributed by atoms with Crippen molar-refractivity contribution >= 4 is 12.1 Å². The van der Waals surface area contributed by atoms with Gasteiger partial charge in [0.15, 0.2) is 6.04 Å². The van der Waals surface area contributed by atoms with Crippen molar-refractivity contribution < 1.29 is 24.2 Å². The minimum absolute atomic E-state index is 0.111. The molecule has 6 heteroatoms. The highest BCUT2D eigenvalue weighted by Crippen LogP contribution is 2.11. The maximum atomic E-state index is 11.9. The number of rotatable bonds is 6. The lowest BCUT2D eigenvalue weighted by molar-refractivity contribution is -0.145. The van der Waals surface area contributed by atoms with Crippen LogP contribution in [-0.4, -0.2) is 47.4 Å². The van der Waals surface area contributed by atoms with Crippen LogP contribution in [0.1, 0.15) is 26.3 Å². The summed E-state index contributed by atoms with van der Waals surface area (Å²) in [4.78, 5) is 24.3. The zero-order chi connectivity index (χ0) is 16.8. The summed E-state index contributed by atoms with van der Waals surface area (Å²) in [5.41, 5.74) is 0.255. The number of carboxylic acids is 1. The van der Waals surface area contributed by atoms with Gasteiger partial charge in [0.2, 0.25) is 0 Å². The predicted octanol–water partition coefficient (Wildman–Crippen LogP) is 2.52. The monoisotopic (exact) mass is 309 g/mol. The van der Waals surface area contributed by atoms with Crippen molar-refractivity contribution in [3.8, 4) is 0 Å². The standard InChI is InChI=1S/C16H23NO5/c1-16(2,3)22-15(20)17(4)13(14(18)19)11-21-10-12-8-6-5-7-9-12/h5-9,13H,10-11H2,1-4H3,(H,18,19)/t13-/m0/s1. The van der Waals surface area contributed by atoms with E-state index in [1.54, 1.807) is 20.8 Å². The van der Waals surface area contributed by atoms with Crippen molar-refractivity contribution in [2.45, 2.75) is 39.0 Å². The fourth-order valence-corrected chi connectivity index (χ4v) is 1.67. The highest BCUT2D eigenvalue weighted by Gasteiger charge is 2.30. The molecule has 1 aromatic carbocycles. The summed E-state index contributed by atoms with van der Waals surface area (Å²) >= 11 is 0. The van der Waals surface area contributed by atoms with E-state index in [1.807, 2.05) is 30.3 Å². The smallest absolute Gasteiger partial charge is 0.410 e. The Labute approximate surface area is 130 Å². The van der Waals surface area contributed by atoms with Crippen molar-refractivity contribution in [1.82, 2.24) is 4.90 Å². The van der Waals surface area contributed by atoms with E-state index in [1.165, 1.54) is 7.05 Å². The van der Waals surface area contributed by atoms with Crippen molar-refractivity contribution in [2.24, 2.45) is 0 Å². The second-order valence-corrected chi connectivity index (χ2v) is 5.95. The third kappa shape index (κ3) is 6.13. The first-order chi connectivity index (χ1) is 10.2. The number of nitrogens with zero attached hydrogens (tertiary/aromatic N) is 1. The Morgan fingerprint density at radius 1 is 1.23 bits per heavy atom.